The van der Waals surface area contributed by atoms with Gasteiger partial charge in [0.15, 0.2) is 0 Å². The zero-order valence-corrected chi connectivity index (χ0v) is 13.4. The van der Waals surface area contributed by atoms with Crippen LogP contribution in [0.25, 0.3) is 0 Å². The molecule has 1 saturated carbocycles. The predicted molar refractivity (Wildman–Crippen MR) is 83.7 cm³/mol. The van der Waals surface area contributed by atoms with Gasteiger partial charge in [-0.25, -0.2) is 4.98 Å². The number of aryl methyl sites for hydroxylation is 1. The van der Waals surface area contributed by atoms with E-state index < -0.39 is 0 Å². The lowest BCUT2D eigenvalue weighted by Crippen LogP contribution is -2.31. The van der Waals surface area contributed by atoms with Crippen LogP contribution in [0.4, 0.5) is 0 Å². The highest BCUT2D eigenvalue weighted by atomic mass is 32.1. The first-order valence-electron chi connectivity index (χ1n) is 7.77. The molecule has 1 unspecified atom stereocenters. The van der Waals surface area contributed by atoms with Crippen molar-refractivity contribution in [2.45, 2.75) is 52.9 Å². The van der Waals surface area contributed by atoms with Gasteiger partial charge in [0.1, 0.15) is 0 Å². The summed E-state index contributed by atoms with van der Waals surface area (Å²) in [5.41, 5.74) is 1.18. The molecule has 1 atom stereocenters. The van der Waals surface area contributed by atoms with Crippen molar-refractivity contribution in [1.82, 2.24) is 10.3 Å². The van der Waals surface area contributed by atoms with E-state index in [9.17, 15) is 0 Å². The Morgan fingerprint density at radius 3 is 2.63 bits per heavy atom. The first-order valence-corrected chi connectivity index (χ1v) is 8.65. The lowest BCUT2D eigenvalue weighted by Gasteiger charge is -2.23. The average Bonchev–Trinajstić information content (AvgIpc) is 2.98. The van der Waals surface area contributed by atoms with Crippen LogP contribution in [0.2, 0.25) is 0 Å². The maximum atomic E-state index is 4.66. The van der Waals surface area contributed by atoms with E-state index in [1.54, 1.807) is 0 Å². The Kier molecular flexibility index (Phi) is 5.83. The molecule has 0 saturated heterocycles. The first kappa shape index (κ1) is 15.0. The minimum atomic E-state index is 0.742. The summed E-state index contributed by atoms with van der Waals surface area (Å²) in [6.45, 7) is 8.96. The monoisotopic (exact) mass is 280 g/mol. The van der Waals surface area contributed by atoms with E-state index in [2.05, 4.69) is 36.5 Å². The highest BCUT2D eigenvalue weighted by Crippen LogP contribution is 2.33. The van der Waals surface area contributed by atoms with Crippen LogP contribution in [0.3, 0.4) is 0 Å². The molecule has 1 aliphatic rings. The highest BCUT2D eigenvalue weighted by molar-refractivity contribution is 7.09. The fourth-order valence-electron chi connectivity index (χ4n) is 3.11. The van der Waals surface area contributed by atoms with Gasteiger partial charge in [0.2, 0.25) is 0 Å². The second kappa shape index (κ2) is 7.39. The van der Waals surface area contributed by atoms with Gasteiger partial charge in [-0.3, -0.25) is 0 Å². The molecule has 3 heteroatoms. The summed E-state index contributed by atoms with van der Waals surface area (Å²) in [4.78, 5) is 4.66. The van der Waals surface area contributed by atoms with Crippen LogP contribution in [0.15, 0.2) is 5.38 Å². The van der Waals surface area contributed by atoms with Gasteiger partial charge in [0.25, 0.3) is 0 Å². The van der Waals surface area contributed by atoms with Gasteiger partial charge in [-0.15, -0.1) is 11.3 Å². The van der Waals surface area contributed by atoms with Gasteiger partial charge in [-0.1, -0.05) is 39.5 Å². The molecule has 1 aliphatic carbocycles. The summed E-state index contributed by atoms with van der Waals surface area (Å²) in [6, 6.07) is 0. The van der Waals surface area contributed by atoms with Crippen LogP contribution < -0.4 is 5.32 Å². The average molecular weight is 280 g/mol. The third kappa shape index (κ3) is 4.88. The minimum absolute atomic E-state index is 0.742. The molecule has 0 amide bonds. The molecule has 2 nitrogen and oxygen atoms in total. The molecule has 2 rings (SSSR count). The third-order valence-corrected chi connectivity index (χ3v) is 5.12. The number of hydrogen-bond donors (Lipinski definition) is 1. The fraction of sp³-hybridized carbons (Fsp3) is 0.812. The van der Waals surface area contributed by atoms with Crippen molar-refractivity contribution in [3.63, 3.8) is 0 Å². The molecular formula is C16H28N2S. The number of thiazole rings is 1. The van der Waals surface area contributed by atoms with Crippen molar-refractivity contribution < 1.29 is 0 Å². The van der Waals surface area contributed by atoms with E-state index in [0.29, 0.717) is 0 Å². The van der Waals surface area contributed by atoms with Crippen molar-refractivity contribution in [1.29, 1.82) is 0 Å². The van der Waals surface area contributed by atoms with Gasteiger partial charge in [0, 0.05) is 17.5 Å². The van der Waals surface area contributed by atoms with Gasteiger partial charge in [-0.05, 0) is 37.8 Å². The molecule has 1 fully saturated rings. The van der Waals surface area contributed by atoms with Gasteiger partial charge >= 0.3 is 0 Å². The Labute approximate surface area is 122 Å². The zero-order valence-electron chi connectivity index (χ0n) is 12.6. The zero-order chi connectivity index (χ0) is 13.7. The Morgan fingerprint density at radius 1 is 1.32 bits per heavy atom. The van der Waals surface area contributed by atoms with Crippen molar-refractivity contribution >= 4 is 11.3 Å². The molecule has 19 heavy (non-hydrogen) atoms. The molecule has 1 heterocycles. The number of hydrogen-bond acceptors (Lipinski definition) is 3. The highest BCUT2D eigenvalue weighted by Gasteiger charge is 2.25. The van der Waals surface area contributed by atoms with Crippen molar-refractivity contribution in [2.24, 2.45) is 17.8 Å². The molecule has 1 N–H and O–H groups in total. The van der Waals surface area contributed by atoms with Crippen LogP contribution in [0.5, 0.6) is 0 Å². The molecule has 0 aromatic carbocycles. The van der Waals surface area contributed by atoms with Crippen LogP contribution in [0, 0.1) is 24.7 Å². The van der Waals surface area contributed by atoms with E-state index >= 15 is 0 Å². The third-order valence-electron chi connectivity index (χ3n) is 4.13. The Balaban J connectivity index is 1.89. The van der Waals surface area contributed by atoms with Gasteiger partial charge < -0.3 is 5.32 Å². The summed E-state index contributed by atoms with van der Waals surface area (Å²) in [7, 11) is 0. The predicted octanol–water partition coefficient (Wildman–Crippen LogP) is 4.05. The molecule has 0 aliphatic heterocycles. The summed E-state index contributed by atoms with van der Waals surface area (Å²) in [5.74, 6) is 2.45. The summed E-state index contributed by atoms with van der Waals surface area (Å²) < 4.78 is 0. The summed E-state index contributed by atoms with van der Waals surface area (Å²) in [6.07, 6.45) is 6.90. The number of nitrogens with one attached hydrogen (secondary N) is 1. The van der Waals surface area contributed by atoms with Crippen molar-refractivity contribution in [3.8, 4) is 0 Å². The first-order chi connectivity index (χ1) is 9.15. The maximum absolute atomic E-state index is 4.66. The molecular weight excluding hydrogens is 252 g/mol. The van der Waals surface area contributed by atoms with E-state index in [0.717, 1.165) is 24.3 Å². The normalized spacial score (nSPS) is 18.3. The summed E-state index contributed by atoms with van der Waals surface area (Å²) in [5, 5.41) is 7.18. The second-order valence-electron chi connectivity index (χ2n) is 6.44. The SMILES string of the molecule is Cc1csc(CC(CNCC(C)C)C2CCCC2)n1. The Hall–Kier alpha value is -0.410. The van der Waals surface area contributed by atoms with E-state index in [1.165, 1.54) is 49.4 Å². The molecule has 1 aromatic heterocycles. The van der Waals surface area contributed by atoms with Crippen LogP contribution in [0.1, 0.15) is 50.2 Å². The fourth-order valence-corrected chi connectivity index (χ4v) is 3.98. The van der Waals surface area contributed by atoms with Crippen molar-refractivity contribution in [2.75, 3.05) is 13.1 Å². The van der Waals surface area contributed by atoms with E-state index in [4.69, 9.17) is 0 Å². The lowest BCUT2D eigenvalue weighted by atomic mass is 9.88. The van der Waals surface area contributed by atoms with Crippen LogP contribution in [-0.2, 0) is 6.42 Å². The largest absolute Gasteiger partial charge is 0.316 e. The lowest BCUT2D eigenvalue weighted by molar-refractivity contribution is 0.315. The smallest absolute Gasteiger partial charge is 0.0931 e. The second-order valence-corrected chi connectivity index (χ2v) is 7.39. The van der Waals surface area contributed by atoms with Crippen molar-refractivity contribution in [3.05, 3.63) is 16.1 Å². The van der Waals surface area contributed by atoms with Crippen LogP contribution in [-0.4, -0.2) is 18.1 Å². The summed E-state index contributed by atoms with van der Waals surface area (Å²) >= 11 is 1.84. The van der Waals surface area contributed by atoms with E-state index in [-0.39, 0.29) is 0 Å². The topological polar surface area (TPSA) is 24.9 Å². The molecule has 0 spiro atoms. The molecule has 108 valence electrons. The molecule has 1 aromatic rings. The van der Waals surface area contributed by atoms with Crippen LogP contribution >= 0.6 is 11.3 Å². The number of aromatic nitrogens is 1. The Bertz CT molecular complexity index is 367. The van der Waals surface area contributed by atoms with Gasteiger partial charge in [-0.2, -0.15) is 0 Å². The number of nitrogens with zero attached hydrogens (tertiary/aromatic N) is 1. The van der Waals surface area contributed by atoms with Gasteiger partial charge in [0.05, 0.1) is 5.01 Å². The Morgan fingerprint density at radius 2 is 2.05 bits per heavy atom. The minimum Gasteiger partial charge on any atom is -0.316 e. The number of rotatable bonds is 7. The molecule has 0 radical (unpaired) electrons. The quantitative estimate of drug-likeness (QED) is 0.815. The standard InChI is InChI=1S/C16H28N2S/c1-12(2)9-17-10-15(14-6-4-5-7-14)8-16-18-13(3)11-19-16/h11-12,14-15,17H,4-10H2,1-3H3. The maximum Gasteiger partial charge on any atom is 0.0931 e. The molecule has 0 bridgehead atoms. The van der Waals surface area contributed by atoms with E-state index in [1.807, 2.05) is 11.3 Å².